The van der Waals surface area contributed by atoms with E-state index in [0.717, 1.165) is 12.3 Å². The average Bonchev–Trinajstić information content (AvgIpc) is 2.85. The fraction of sp³-hybridized carbons (Fsp3) is 0.750. The van der Waals surface area contributed by atoms with E-state index in [4.69, 9.17) is 21.1 Å². The highest BCUT2D eigenvalue weighted by molar-refractivity contribution is 6.21. The monoisotopic (exact) mass is 582 g/mol. The van der Waals surface area contributed by atoms with Crippen LogP contribution in [0.4, 0.5) is 17.6 Å². The third-order valence-electron chi connectivity index (χ3n) is 7.75. The number of fused-ring (bicyclic) bond motifs is 3. The molecule has 4 aliphatic rings. The molecule has 0 aliphatic heterocycles. The lowest BCUT2D eigenvalue weighted by molar-refractivity contribution is -0.143. The number of alkyl halides is 5. The van der Waals surface area contributed by atoms with Crippen molar-refractivity contribution in [2.75, 3.05) is 13.2 Å². The number of hydrogen-bond acceptors (Lipinski definition) is 7. The molecule has 10 nitrogen and oxygen atoms in total. The summed E-state index contributed by atoms with van der Waals surface area (Å²) in [6.45, 7) is -2.31. The lowest BCUT2D eigenvalue weighted by Gasteiger charge is -2.56. The van der Waals surface area contributed by atoms with Crippen LogP contribution in [-0.4, -0.2) is 80.9 Å². The molecule has 2 amide bonds. The van der Waals surface area contributed by atoms with Gasteiger partial charge in [0.25, 0.3) is 11.5 Å². The molecule has 5 rings (SSSR count). The Bertz CT molecular complexity index is 1110. The molecule has 2 bridgehead atoms. The lowest BCUT2D eigenvalue weighted by atomic mass is 9.60. The van der Waals surface area contributed by atoms with Crippen LogP contribution in [0.25, 0.3) is 0 Å². The smallest absolute Gasteiger partial charge is 0.408 e. The lowest BCUT2D eigenvalue weighted by Crippen LogP contribution is -2.70. The van der Waals surface area contributed by atoms with Gasteiger partial charge in [-0.15, -0.1) is 11.6 Å². The summed E-state index contributed by atoms with van der Waals surface area (Å²) < 4.78 is 62.3. The van der Waals surface area contributed by atoms with Crippen molar-refractivity contribution in [3.05, 3.63) is 22.6 Å². The standard InChI is InChI=1S/C24H31ClF4N4O6/c25-16-2-1-14(7-17(16)26)38-11-19(35)31-22-3-5-23(6-4-22,18(34)9-22)32-20(36)12-39-15-8-21(37)33(30-10-15)13-24(27,28)29/h8,10,14,16-18,34H,1-7,9,11-13H2,(H,31,35)(H,32,36). The van der Waals surface area contributed by atoms with Crippen molar-refractivity contribution < 1.29 is 41.7 Å². The molecular formula is C24H31ClF4N4O6. The molecule has 0 spiro atoms. The summed E-state index contributed by atoms with van der Waals surface area (Å²) in [6, 6.07) is 0.805. The van der Waals surface area contributed by atoms with E-state index in [1.165, 1.54) is 0 Å². The quantitative estimate of drug-likeness (QED) is 0.299. The number of rotatable bonds is 9. The summed E-state index contributed by atoms with van der Waals surface area (Å²) >= 11 is 5.88. The molecular weight excluding hydrogens is 552 g/mol. The number of carbonyl (C=O) groups is 2. The van der Waals surface area contributed by atoms with Crippen LogP contribution in [0.15, 0.2) is 17.1 Å². The largest absolute Gasteiger partial charge is 0.482 e. The van der Waals surface area contributed by atoms with E-state index in [9.17, 15) is 37.1 Å². The zero-order chi connectivity index (χ0) is 28.4. The first-order valence-electron chi connectivity index (χ1n) is 12.7. The van der Waals surface area contributed by atoms with Gasteiger partial charge in [-0.2, -0.15) is 18.3 Å². The minimum absolute atomic E-state index is 0.147. The Labute approximate surface area is 226 Å². The summed E-state index contributed by atoms with van der Waals surface area (Å²) in [6.07, 6.45) is -3.00. The van der Waals surface area contributed by atoms with E-state index < -0.39 is 59.5 Å². The second-order valence-electron chi connectivity index (χ2n) is 10.6. The van der Waals surface area contributed by atoms with Crippen LogP contribution in [-0.2, 0) is 20.9 Å². The predicted octanol–water partition coefficient (Wildman–Crippen LogP) is 1.75. The van der Waals surface area contributed by atoms with Gasteiger partial charge in [-0.1, -0.05) is 0 Å². The van der Waals surface area contributed by atoms with E-state index >= 15 is 0 Å². The molecule has 0 radical (unpaired) electrons. The van der Waals surface area contributed by atoms with Gasteiger partial charge in [0.15, 0.2) is 6.61 Å². The molecule has 0 saturated heterocycles. The number of halogens is 5. The van der Waals surface area contributed by atoms with Crippen molar-refractivity contribution >= 4 is 23.4 Å². The second kappa shape index (κ2) is 11.6. The minimum atomic E-state index is -4.61. The minimum Gasteiger partial charge on any atom is -0.482 e. The second-order valence-corrected chi connectivity index (χ2v) is 11.2. The van der Waals surface area contributed by atoms with Gasteiger partial charge in [0.2, 0.25) is 5.91 Å². The highest BCUT2D eigenvalue weighted by atomic mass is 35.5. The van der Waals surface area contributed by atoms with Gasteiger partial charge in [-0.3, -0.25) is 14.4 Å². The van der Waals surface area contributed by atoms with Crippen LogP contribution in [0.3, 0.4) is 0 Å². The molecule has 15 heteroatoms. The number of aromatic nitrogens is 2. The first-order valence-corrected chi connectivity index (χ1v) is 13.2. The molecule has 1 heterocycles. The molecule has 1 aromatic heterocycles. The number of carbonyl (C=O) groups excluding carboxylic acids is 2. The highest BCUT2D eigenvalue weighted by Gasteiger charge is 2.55. The van der Waals surface area contributed by atoms with E-state index in [-0.39, 0.29) is 41.9 Å². The molecule has 4 unspecified atom stereocenters. The topological polar surface area (TPSA) is 132 Å². The molecule has 0 aromatic carbocycles. The summed E-state index contributed by atoms with van der Waals surface area (Å²) in [4.78, 5) is 36.9. The number of amides is 2. The first-order chi connectivity index (χ1) is 18.3. The van der Waals surface area contributed by atoms with E-state index in [0.29, 0.717) is 38.5 Å². The number of aliphatic hydroxyl groups excluding tert-OH is 1. The van der Waals surface area contributed by atoms with Gasteiger partial charge >= 0.3 is 6.18 Å². The van der Waals surface area contributed by atoms with Crippen molar-refractivity contribution in [1.29, 1.82) is 0 Å². The van der Waals surface area contributed by atoms with Gasteiger partial charge in [-0.25, -0.2) is 9.07 Å². The van der Waals surface area contributed by atoms with Crippen LogP contribution < -0.4 is 20.9 Å². The molecule has 3 N–H and O–H groups in total. The van der Waals surface area contributed by atoms with Crippen molar-refractivity contribution in [3.8, 4) is 5.75 Å². The van der Waals surface area contributed by atoms with E-state index in [2.05, 4.69) is 15.7 Å². The maximum atomic E-state index is 13.8. The fourth-order valence-electron chi connectivity index (χ4n) is 5.63. The number of nitrogens with one attached hydrogen (secondary N) is 2. The molecule has 4 aliphatic carbocycles. The number of nitrogens with zero attached hydrogens (tertiary/aromatic N) is 2. The summed E-state index contributed by atoms with van der Waals surface area (Å²) in [5.74, 6) is -1.11. The Morgan fingerprint density at radius 3 is 2.46 bits per heavy atom. The van der Waals surface area contributed by atoms with Crippen molar-refractivity contribution in [2.45, 2.75) is 98.9 Å². The molecule has 4 saturated carbocycles. The van der Waals surface area contributed by atoms with Crippen LogP contribution in [0.5, 0.6) is 5.75 Å². The molecule has 1 aromatic rings. The van der Waals surface area contributed by atoms with Gasteiger partial charge in [0.1, 0.15) is 25.1 Å². The molecule has 218 valence electrons. The zero-order valence-corrected chi connectivity index (χ0v) is 21.8. The normalized spacial score (nSPS) is 32.5. The summed E-state index contributed by atoms with van der Waals surface area (Å²) in [5, 5.41) is 19.5. The van der Waals surface area contributed by atoms with E-state index in [1.54, 1.807) is 0 Å². The number of aliphatic hydroxyl groups is 1. The SMILES string of the molecule is O=C(COC1CCC(Cl)C(F)C1)NC12CCC(NC(=O)COc3cnn(CC(F)(F)F)c(=O)c3)(CC1)C(O)C2. The van der Waals surface area contributed by atoms with Gasteiger partial charge in [0, 0.05) is 18.0 Å². The predicted molar refractivity (Wildman–Crippen MR) is 129 cm³/mol. The van der Waals surface area contributed by atoms with Crippen molar-refractivity contribution in [1.82, 2.24) is 20.4 Å². The van der Waals surface area contributed by atoms with Crippen LogP contribution in [0.2, 0.25) is 0 Å². The fourth-order valence-corrected chi connectivity index (χ4v) is 5.86. The average molecular weight is 583 g/mol. The maximum Gasteiger partial charge on any atom is 0.408 e. The van der Waals surface area contributed by atoms with E-state index in [1.807, 2.05) is 0 Å². The highest BCUT2D eigenvalue weighted by Crippen LogP contribution is 2.47. The first kappa shape index (κ1) is 29.5. The van der Waals surface area contributed by atoms with Crippen molar-refractivity contribution in [3.63, 3.8) is 0 Å². The Balaban J connectivity index is 1.24. The Kier molecular flexibility index (Phi) is 8.76. The van der Waals surface area contributed by atoms with Gasteiger partial charge in [0.05, 0.1) is 29.3 Å². The Morgan fingerprint density at radius 2 is 1.85 bits per heavy atom. The Hall–Kier alpha value is -2.45. The Morgan fingerprint density at radius 1 is 1.15 bits per heavy atom. The summed E-state index contributed by atoms with van der Waals surface area (Å²) in [5.41, 5.74) is -2.60. The van der Waals surface area contributed by atoms with Gasteiger partial charge in [-0.05, 0) is 44.9 Å². The van der Waals surface area contributed by atoms with Crippen molar-refractivity contribution in [2.24, 2.45) is 0 Å². The maximum absolute atomic E-state index is 13.8. The molecule has 39 heavy (non-hydrogen) atoms. The third-order valence-corrected chi connectivity index (χ3v) is 8.24. The zero-order valence-electron chi connectivity index (χ0n) is 21.0. The third kappa shape index (κ3) is 7.40. The van der Waals surface area contributed by atoms with Crippen LogP contribution >= 0.6 is 11.6 Å². The summed E-state index contributed by atoms with van der Waals surface area (Å²) in [7, 11) is 0. The number of hydrogen-bond donors (Lipinski definition) is 3. The molecule has 4 fully saturated rings. The molecule has 4 atom stereocenters. The van der Waals surface area contributed by atoms with Crippen LogP contribution in [0.1, 0.15) is 51.4 Å². The number of ether oxygens (including phenoxy) is 2. The van der Waals surface area contributed by atoms with Gasteiger partial charge < -0.3 is 25.2 Å². The van der Waals surface area contributed by atoms with Crippen LogP contribution in [0, 0.1) is 0 Å².